The molecular formula is C20H30ClN3O2. The van der Waals surface area contributed by atoms with Gasteiger partial charge in [0.25, 0.3) is 5.91 Å². The van der Waals surface area contributed by atoms with Gasteiger partial charge in [0.1, 0.15) is 0 Å². The first-order valence-corrected chi connectivity index (χ1v) is 9.58. The Labute approximate surface area is 162 Å². The summed E-state index contributed by atoms with van der Waals surface area (Å²) < 4.78 is 0. The third-order valence-electron chi connectivity index (χ3n) is 5.28. The van der Waals surface area contributed by atoms with Crippen LogP contribution in [0.15, 0.2) is 24.3 Å². The van der Waals surface area contributed by atoms with Crippen LogP contribution in [-0.4, -0.2) is 42.9 Å². The number of carbonyl (C=O) groups excluding carboxylic acids is 2. The zero-order valence-electron chi connectivity index (χ0n) is 15.3. The summed E-state index contributed by atoms with van der Waals surface area (Å²) in [5.41, 5.74) is 1.77. The largest absolute Gasteiger partial charge is 0.352 e. The van der Waals surface area contributed by atoms with Crippen molar-refractivity contribution in [3.05, 3.63) is 35.4 Å². The number of carbonyl (C=O) groups is 2. The fourth-order valence-electron chi connectivity index (χ4n) is 3.63. The van der Waals surface area contributed by atoms with Crippen molar-refractivity contribution >= 4 is 24.2 Å². The molecule has 3 rings (SSSR count). The van der Waals surface area contributed by atoms with Crippen molar-refractivity contribution in [2.75, 3.05) is 26.2 Å². The third-order valence-corrected chi connectivity index (χ3v) is 5.28. The number of nitrogens with one attached hydrogen (secondary N) is 2. The highest BCUT2D eigenvalue weighted by Crippen LogP contribution is 2.15. The van der Waals surface area contributed by atoms with Crippen molar-refractivity contribution in [3.63, 3.8) is 0 Å². The van der Waals surface area contributed by atoms with Gasteiger partial charge in [-0.3, -0.25) is 9.59 Å². The normalized spacial score (nSPS) is 19.7. The quantitative estimate of drug-likeness (QED) is 0.798. The maximum atomic E-state index is 12.4. The Bertz CT molecular complexity index is 579. The van der Waals surface area contributed by atoms with Crippen LogP contribution in [-0.2, 0) is 11.3 Å². The number of halogens is 1. The molecule has 6 heteroatoms. The molecule has 1 aromatic carbocycles. The average molecular weight is 380 g/mol. The minimum atomic E-state index is 0. The second-order valence-corrected chi connectivity index (χ2v) is 7.22. The van der Waals surface area contributed by atoms with E-state index in [1.807, 2.05) is 29.2 Å². The van der Waals surface area contributed by atoms with Gasteiger partial charge in [-0.25, -0.2) is 0 Å². The van der Waals surface area contributed by atoms with E-state index in [0.717, 1.165) is 56.6 Å². The number of nitrogens with zero attached hydrogens (tertiary/aromatic N) is 1. The van der Waals surface area contributed by atoms with Crippen LogP contribution in [0.4, 0.5) is 0 Å². The summed E-state index contributed by atoms with van der Waals surface area (Å²) in [5.74, 6) is 0.881. The summed E-state index contributed by atoms with van der Waals surface area (Å²) in [5, 5.41) is 6.31. The van der Waals surface area contributed by atoms with E-state index in [9.17, 15) is 9.59 Å². The molecule has 2 heterocycles. The zero-order valence-corrected chi connectivity index (χ0v) is 16.2. The Hall–Kier alpha value is -1.59. The molecule has 2 N–H and O–H groups in total. The van der Waals surface area contributed by atoms with Crippen LogP contribution in [0.3, 0.4) is 0 Å². The monoisotopic (exact) mass is 379 g/mol. The summed E-state index contributed by atoms with van der Waals surface area (Å²) >= 11 is 0. The van der Waals surface area contributed by atoms with Gasteiger partial charge in [0.2, 0.25) is 5.91 Å². The van der Waals surface area contributed by atoms with Gasteiger partial charge >= 0.3 is 0 Å². The molecule has 2 fully saturated rings. The lowest BCUT2D eigenvalue weighted by Gasteiger charge is -2.26. The van der Waals surface area contributed by atoms with Crippen molar-refractivity contribution in [1.29, 1.82) is 0 Å². The first-order chi connectivity index (χ1) is 12.2. The predicted octanol–water partition coefficient (Wildman–Crippen LogP) is 2.74. The highest BCUT2D eigenvalue weighted by molar-refractivity contribution is 5.94. The van der Waals surface area contributed by atoms with Crippen LogP contribution in [0.2, 0.25) is 0 Å². The second kappa shape index (κ2) is 10.5. The number of likely N-dealkylation sites (tertiary alicyclic amines) is 1. The number of piperidine rings is 1. The minimum Gasteiger partial charge on any atom is -0.352 e. The highest BCUT2D eigenvalue weighted by Gasteiger charge is 2.18. The lowest BCUT2D eigenvalue weighted by atomic mass is 10.0. The molecule has 1 atom stereocenters. The van der Waals surface area contributed by atoms with Crippen LogP contribution in [0.25, 0.3) is 0 Å². The Morgan fingerprint density at radius 1 is 1.12 bits per heavy atom. The van der Waals surface area contributed by atoms with Crippen molar-refractivity contribution in [1.82, 2.24) is 15.5 Å². The summed E-state index contributed by atoms with van der Waals surface area (Å²) in [6.45, 7) is 4.38. The third kappa shape index (κ3) is 5.99. The highest BCUT2D eigenvalue weighted by atomic mass is 35.5. The van der Waals surface area contributed by atoms with Crippen molar-refractivity contribution in [2.45, 2.75) is 45.1 Å². The van der Waals surface area contributed by atoms with Gasteiger partial charge in [0, 0.05) is 31.6 Å². The number of benzene rings is 1. The Morgan fingerprint density at radius 2 is 1.85 bits per heavy atom. The number of hydrogen-bond donors (Lipinski definition) is 2. The van der Waals surface area contributed by atoms with Gasteiger partial charge in [0.05, 0.1) is 0 Å². The predicted molar refractivity (Wildman–Crippen MR) is 106 cm³/mol. The maximum Gasteiger partial charge on any atom is 0.253 e. The molecule has 0 aromatic heterocycles. The summed E-state index contributed by atoms with van der Waals surface area (Å²) in [6.07, 6.45) is 6.17. The smallest absolute Gasteiger partial charge is 0.253 e. The van der Waals surface area contributed by atoms with Crippen molar-refractivity contribution in [3.8, 4) is 0 Å². The van der Waals surface area contributed by atoms with Gasteiger partial charge in [-0.05, 0) is 68.8 Å². The minimum absolute atomic E-state index is 0. The fraction of sp³-hybridized carbons (Fsp3) is 0.600. The summed E-state index contributed by atoms with van der Waals surface area (Å²) in [7, 11) is 0. The number of amides is 2. The zero-order chi connectivity index (χ0) is 17.5. The lowest BCUT2D eigenvalue weighted by molar-refractivity contribution is -0.121. The summed E-state index contributed by atoms with van der Waals surface area (Å²) in [4.78, 5) is 26.3. The fourth-order valence-corrected chi connectivity index (χ4v) is 3.63. The van der Waals surface area contributed by atoms with Gasteiger partial charge in [-0.15, -0.1) is 12.4 Å². The van der Waals surface area contributed by atoms with Crippen LogP contribution in [0.5, 0.6) is 0 Å². The molecule has 5 nitrogen and oxygen atoms in total. The van der Waals surface area contributed by atoms with E-state index in [4.69, 9.17) is 0 Å². The van der Waals surface area contributed by atoms with Crippen LogP contribution in [0.1, 0.15) is 54.4 Å². The molecule has 0 spiro atoms. The molecule has 26 heavy (non-hydrogen) atoms. The van der Waals surface area contributed by atoms with Crippen LogP contribution in [0, 0.1) is 5.92 Å². The molecule has 0 aliphatic carbocycles. The molecule has 2 saturated heterocycles. The topological polar surface area (TPSA) is 61.4 Å². The SMILES string of the molecule is Cl.O=C(CCC1CCNC1)NCc1ccc(C(=O)N2CCCCC2)cc1. The maximum absolute atomic E-state index is 12.4. The van der Waals surface area contributed by atoms with Crippen LogP contribution < -0.4 is 10.6 Å². The van der Waals surface area contributed by atoms with E-state index in [2.05, 4.69) is 10.6 Å². The van der Waals surface area contributed by atoms with Gasteiger partial charge < -0.3 is 15.5 Å². The Kier molecular flexibility index (Phi) is 8.39. The molecular weight excluding hydrogens is 350 g/mol. The van der Waals surface area contributed by atoms with E-state index >= 15 is 0 Å². The average Bonchev–Trinajstić information content (AvgIpc) is 3.19. The van der Waals surface area contributed by atoms with Gasteiger partial charge in [-0.2, -0.15) is 0 Å². The Balaban J connectivity index is 0.00000243. The molecule has 2 amide bonds. The molecule has 0 radical (unpaired) electrons. The van der Waals surface area contributed by atoms with E-state index < -0.39 is 0 Å². The molecule has 0 bridgehead atoms. The standard InChI is InChI=1S/C20H29N3O2.ClH/c24-19(9-6-17-10-11-21-14-17)22-15-16-4-7-18(8-5-16)20(25)23-12-2-1-3-13-23;/h4-5,7-8,17,21H,1-3,6,9-15H2,(H,22,24);1H. The van der Waals surface area contributed by atoms with E-state index in [1.54, 1.807) is 0 Å². The van der Waals surface area contributed by atoms with Crippen molar-refractivity contribution < 1.29 is 9.59 Å². The van der Waals surface area contributed by atoms with Gasteiger partial charge in [-0.1, -0.05) is 12.1 Å². The lowest BCUT2D eigenvalue weighted by Crippen LogP contribution is -2.35. The summed E-state index contributed by atoms with van der Waals surface area (Å²) in [6, 6.07) is 7.64. The first-order valence-electron chi connectivity index (χ1n) is 9.58. The molecule has 1 unspecified atom stereocenters. The molecule has 144 valence electrons. The van der Waals surface area contributed by atoms with E-state index in [0.29, 0.717) is 18.9 Å². The van der Waals surface area contributed by atoms with Crippen LogP contribution >= 0.6 is 12.4 Å². The molecule has 2 aliphatic rings. The first kappa shape index (κ1) is 20.7. The number of rotatable bonds is 6. The van der Waals surface area contributed by atoms with E-state index in [-0.39, 0.29) is 24.2 Å². The molecule has 0 saturated carbocycles. The second-order valence-electron chi connectivity index (χ2n) is 7.22. The molecule has 1 aromatic rings. The van der Waals surface area contributed by atoms with Gasteiger partial charge in [0.15, 0.2) is 0 Å². The number of hydrogen-bond acceptors (Lipinski definition) is 3. The van der Waals surface area contributed by atoms with Crippen molar-refractivity contribution in [2.24, 2.45) is 5.92 Å². The molecule has 2 aliphatic heterocycles. The Morgan fingerprint density at radius 3 is 2.50 bits per heavy atom. The van der Waals surface area contributed by atoms with E-state index in [1.165, 1.54) is 12.8 Å².